The second-order valence-corrected chi connectivity index (χ2v) is 5.42. The third kappa shape index (κ3) is 4.29. The standard InChI is InChI=1S/C16H15Cl2NO3/c1-10(22-13-5-3-4-11(17)8-13)16(20)19-14-9-12(18)6-7-15(14)21-2/h3-10H,1-2H3,(H,19,20)/t10-/m0/s1. The number of nitrogens with one attached hydrogen (secondary N) is 1. The fraction of sp³-hybridized carbons (Fsp3) is 0.188. The maximum absolute atomic E-state index is 12.2. The predicted octanol–water partition coefficient (Wildman–Crippen LogP) is 4.41. The second kappa shape index (κ2) is 7.38. The molecule has 0 spiro atoms. The summed E-state index contributed by atoms with van der Waals surface area (Å²) in [5, 5.41) is 3.77. The summed E-state index contributed by atoms with van der Waals surface area (Å²) in [5.74, 6) is 0.724. The molecule has 1 atom stereocenters. The summed E-state index contributed by atoms with van der Waals surface area (Å²) in [6.45, 7) is 1.65. The normalized spacial score (nSPS) is 11.6. The first-order valence-corrected chi connectivity index (χ1v) is 7.32. The van der Waals surface area contributed by atoms with Crippen LogP contribution in [0.25, 0.3) is 0 Å². The lowest BCUT2D eigenvalue weighted by molar-refractivity contribution is -0.122. The van der Waals surface area contributed by atoms with Gasteiger partial charge in [0.1, 0.15) is 11.5 Å². The van der Waals surface area contributed by atoms with Gasteiger partial charge in [-0.3, -0.25) is 4.79 Å². The van der Waals surface area contributed by atoms with Crippen molar-refractivity contribution in [2.75, 3.05) is 12.4 Å². The van der Waals surface area contributed by atoms with Crippen molar-refractivity contribution in [1.82, 2.24) is 0 Å². The molecule has 0 aliphatic rings. The number of carbonyl (C=O) groups is 1. The van der Waals surface area contributed by atoms with Crippen LogP contribution in [-0.4, -0.2) is 19.1 Å². The monoisotopic (exact) mass is 339 g/mol. The van der Waals surface area contributed by atoms with Crippen LogP contribution in [0.5, 0.6) is 11.5 Å². The van der Waals surface area contributed by atoms with Crippen molar-refractivity contribution in [3.8, 4) is 11.5 Å². The van der Waals surface area contributed by atoms with Gasteiger partial charge in [0, 0.05) is 10.0 Å². The first-order valence-electron chi connectivity index (χ1n) is 6.56. The van der Waals surface area contributed by atoms with E-state index in [1.165, 1.54) is 7.11 Å². The Balaban J connectivity index is 2.07. The zero-order valence-corrected chi connectivity index (χ0v) is 13.6. The molecule has 0 fully saturated rings. The summed E-state index contributed by atoms with van der Waals surface area (Å²) in [7, 11) is 1.52. The fourth-order valence-corrected chi connectivity index (χ4v) is 2.16. The lowest BCUT2D eigenvalue weighted by Crippen LogP contribution is -2.30. The maximum Gasteiger partial charge on any atom is 0.265 e. The number of anilines is 1. The summed E-state index contributed by atoms with van der Waals surface area (Å²) in [6, 6.07) is 11.8. The van der Waals surface area contributed by atoms with E-state index in [0.29, 0.717) is 27.2 Å². The van der Waals surface area contributed by atoms with E-state index in [0.717, 1.165) is 0 Å². The van der Waals surface area contributed by atoms with Crippen LogP contribution >= 0.6 is 23.2 Å². The quantitative estimate of drug-likeness (QED) is 0.877. The molecule has 2 rings (SSSR count). The van der Waals surface area contributed by atoms with Crippen LogP contribution in [0, 0.1) is 0 Å². The molecule has 0 aliphatic heterocycles. The largest absolute Gasteiger partial charge is 0.495 e. The molecule has 1 N–H and O–H groups in total. The van der Waals surface area contributed by atoms with Crippen LogP contribution in [0.2, 0.25) is 10.0 Å². The zero-order valence-electron chi connectivity index (χ0n) is 12.1. The highest BCUT2D eigenvalue weighted by Crippen LogP contribution is 2.28. The molecule has 2 aromatic carbocycles. The minimum Gasteiger partial charge on any atom is -0.495 e. The molecule has 0 heterocycles. The number of amides is 1. The van der Waals surface area contributed by atoms with Crippen molar-refractivity contribution in [3.63, 3.8) is 0 Å². The summed E-state index contributed by atoms with van der Waals surface area (Å²) < 4.78 is 10.7. The Morgan fingerprint density at radius 2 is 1.86 bits per heavy atom. The molecule has 0 radical (unpaired) electrons. The van der Waals surface area contributed by atoms with E-state index in [-0.39, 0.29) is 5.91 Å². The van der Waals surface area contributed by atoms with Crippen molar-refractivity contribution < 1.29 is 14.3 Å². The number of hydrogen-bond acceptors (Lipinski definition) is 3. The number of carbonyl (C=O) groups excluding carboxylic acids is 1. The van der Waals surface area contributed by atoms with Crippen LogP contribution in [0.3, 0.4) is 0 Å². The van der Waals surface area contributed by atoms with Crippen molar-refractivity contribution in [2.24, 2.45) is 0 Å². The van der Waals surface area contributed by atoms with Gasteiger partial charge in [-0.1, -0.05) is 29.3 Å². The van der Waals surface area contributed by atoms with Crippen LogP contribution < -0.4 is 14.8 Å². The Morgan fingerprint density at radius 1 is 1.14 bits per heavy atom. The molecule has 22 heavy (non-hydrogen) atoms. The van der Waals surface area contributed by atoms with Gasteiger partial charge in [-0.25, -0.2) is 0 Å². The van der Waals surface area contributed by atoms with Crippen LogP contribution in [0.1, 0.15) is 6.92 Å². The SMILES string of the molecule is COc1ccc(Cl)cc1NC(=O)[C@H](C)Oc1cccc(Cl)c1. The first-order chi connectivity index (χ1) is 10.5. The van der Waals surface area contributed by atoms with Gasteiger partial charge < -0.3 is 14.8 Å². The molecule has 1 amide bonds. The molecule has 0 aliphatic carbocycles. The van der Waals surface area contributed by atoms with Gasteiger partial charge >= 0.3 is 0 Å². The summed E-state index contributed by atoms with van der Waals surface area (Å²) >= 11 is 11.8. The molecule has 0 aromatic heterocycles. The molecule has 4 nitrogen and oxygen atoms in total. The molecule has 2 aromatic rings. The number of hydrogen-bond donors (Lipinski definition) is 1. The number of rotatable bonds is 5. The second-order valence-electron chi connectivity index (χ2n) is 4.55. The van der Waals surface area contributed by atoms with E-state index < -0.39 is 6.10 Å². The van der Waals surface area contributed by atoms with Crippen LogP contribution in [0.4, 0.5) is 5.69 Å². The Morgan fingerprint density at radius 3 is 2.55 bits per heavy atom. The Kier molecular flexibility index (Phi) is 5.52. The maximum atomic E-state index is 12.2. The molecule has 116 valence electrons. The van der Waals surface area contributed by atoms with Crippen molar-refractivity contribution in [3.05, 3.63) is 52.5 Å². The van der Waals surface area contributed by atoms with Gasteiger partial charge in [0.2, 0.25) is 0 Å². The lowest BCUT2D eigenvalue weighted by atomic mass is 10.2. The summed E-state index contributed by atoms with van der Waals surface area (Å²) in [4.78, 5) is 12.2. The highest BCUT2D eigenvalue weighted by Gasteiger charge is 2.17. The van der Waals surface area contributed by atoms with Gasteiger partial charge in [-0.15, -0.1) is 0 Å². The topological polar surface area (TPSA) is 47.6 Å². The van der Waals surface area contributed by atoms with Crippen LogP contribution in [0.15, 0.2) is 42.5 Å². The third-order valence-electron chi connectivity index (χ3n) is 2.90. The third-order valence-corrected chi connectivity index (χ3v) is 3.37. The highest BCUT2D eigenvalue weighted by atomic mass is 35.5. The molecule has 0 bridgehead atoms. The van der Waals surface area contributed by atoms with E-state index in [1.807, 2.05) is 0 Å². The summed E-state index contributed by atoms with van der Waals surface area (Å²) in [6.07, 6.45) is -0.706. The Labute approximate surface area is 138 Å². The highest BCUT2D eigenvalue weighted by molar-refractivity contribution is 6.31. The molecular formula is C16H15Cl2NO3. The van der Waals surface area contributed by atoms with E-state index in [9.17, 15) is 4.79 Å². The van der Waals surface area contributed by atoms with Crippen molar-refractivity contribution in [2.45, 2.75) is 13.0 Å². The predicted molar refractivity (Wildman–Crippen MR) is 88.2 cm³/mol. The average molecular weight is 340 g/mol. The molecule has 6 heteroatoms. The number of halogens is 2. The number of methoxy groups -OCH3 is 1. The van der Waals surface area contributed by atoms with Gasteiger partial charge in [-0.05, 0) is 43.3 Å². The number of ether oxygens (including phenoxy) is 2. The van der Waals surface area contributed by atoms with E-state index in [4.69, 9.17) is 32.7 Å². The van der Waals surface area contributed by atoms with Gasteiger partial charge in [0.15, 0.2) is 6.10 Å². The smallest absolute Gasteiger partial charge is 0.265 e. The Bertz CT molecular complexity index is 676. The molecule has 0 unspecified atom stereocenters. The van der Waals surface area contributed by atoms with Gasteiger partial charge in [0.05, 0.1) is 12.8 Å². The van der Waals surface area contributed by atoms with Crippen molar-refractivity contribution in [1.29, 1.82) is 0 Å². The first kappa shape index (κ1) is 16.5. The minimum atomic E-state index is -0.706. The van der Waals surface area contributed by atoms with Gasteiger partial charge in [0.25, 0.3) is 5.91 Å². The minimum absolute atomic E-state index is 0.319. The van der Waals surface area contributed by atoms with Crippen molar-refractivity contribution >= 4 is 34.8 Å². The molecular weight excluding hydrogens is 325 g/mol. The molecule has 0 saturated carbocycles. The van der Waals surface area contributed by atoms with E-state index >= 15 is 0 Å². The van der Waals surface area contributed by atoms with E-state index in [2.05, 4.69) is 5.32 Å². The average Bonchev–Trinajstić information content (AvgIpc) is 2.47. The summed E-state index contributed by atoms with van der Waals surface area (Å²) in [5.41, 5.74) is 0.488. The number of benzene rings is 2. The molecule has 0 saturated heterocycles. The fourth-order valence-electron chi connectivity index (χ4n) is 1.81. The Hall–Kier alpha value is -1.91. The van der Waals surface area contributed by atoms with Crippen LogP contribution in [-0.2, 0) is 4.79 Å². The lowest BCUT2D eigenvalue weighted by Gasteiger charge is -2.16. The zero-order chi connectivity index (χ0) is 16.1. The van der Waals surface area contributed by atoms with E-state index in [1.54, 1.807) is 49.4 Å². The van der Waals surface area contributed by atoms with Gasteiger partial charge in [-0.2, -0.15) is 0 Å².